The van der Waals surface area contributed by atoms with Gasteiger partial charge in [-0.2, -0.15) is 19.4 Å². The van der Waals surface area contributed by atoms with Crippen molar-refractivity contribution < 1.29 is 4.79 Å². The van der Waals surface area contributed by atoms with Gasteiger partial charge >= 0.3 is 0 Å². The molecule has 0 spiro atoms. The molecule has 1 saturated carbocycles. The Balaban J connectivity index is 1.30. The zero-order valence-electron chi connectivity index (χ0n) is 16.5. The fraction of sp³-hybridized carbons (Fsp3) is 0.368. The van der Waals surface area contributed by atoms with Gasteiger partial charge in [0, 0.05) is 24.8 Å². The molecule has 1 atom stereocenters. The van der Waals surface area contributed by atoms with Gasteiger partial charge in [-0.15, -0.1) is 0 Å². The second-order valence-corrected chi connectivity index (χ2v) is 8.57. The van der Waals surface area contributed by atoms with Gasteiger partial charge in [0.1, 0.15) is 22.7 Å². The normalized spacial score (nSPS) is 18.6. The summed E-state index contributed by atoms with van der Waals surface area (Å²) in [4.78, 5) is 28.4. The lowest BCUT2D eigenvalue weighted by molar-refractivity contribution is 0.0946. The van der Waals surface area contributed by atoms with Gasteiger partial charge in [-0.25, -0.2) is 4.98 Å². The Morgan fingerprint density at radius 2 is 2.19 bits per heavy atom. The van der Waals surface area contributed by atoms with Crippen LogP contribution in [0.2, 0.25) is 0 Å². The molecular weight excluding hydrogens is 416 g/mol. The van der Waals surface area contributed by atoms with Crippen LogP contribution in [0, 0.1) is 0 Å². The molecule has 0 aromatic carbocycles. The standard InChI is InChI=1S/C19H20N10OS/c30-16(22-11-5-6-11)12-9-14(27-26-12)23-18-25-19(24-15-4-2-8-29(15)18)28-7-1-3-13(28)17-20-10-21-31-17/h2,4,8-11,13H,1,3,5-7H2,(H,22,30)(H2,23,24,25,26,27). The largest absolute Gasteiger partial charge is 0.348 e. The highest BCUT2D eigenvalue weighted by Crippen LogP contribution is 2.35. The van der Waals surface area contributed by atoms with E-state index in [-0.39, 0.29) is 18.0 Å². The van der Waals surface area contributed by atoms with E-state index >= 15 is 0 Å². The van der Waals surface area contributed by atoms with Crippen molar-refractivity contribution >= 4 is 40.8 Å². The smallest absolute Gasteiger partial charge is 0.269 e. The molecule has 2 aliphatic rings. The van der Waals surface area contributed by atoms with E-state index in [2.05, 4.69) is 35.1 Å². The lowest BCUT2D eigenvalue weighted by Crippen LogP contribution is -2.25. The summed E-state index contributed by atoms with van der Waals surface area (Å²) in [5.41, 5.74) is 1.20. The third kappa shape index (κ3) is 3.48. The van der Waals surface area contributed by atoms with E-state index in [9.17, 15) is 4.79 Å². The first-order valence-electron chi connectivity index (χ1n) is 10.3. The van der Waals surface area contributed by atoms with E-state index in [0.717, 1.165) is 42.9 Å². The summed E-state index contributed by atoms with van der Waals surface area (Å²) in [6, 6.07) is 5.96. The number of aromatic amines is 1. The van der Waals surface area contributed by atoms with Crippen molar-refractivity contribution in [2.45, 2.75) is 37.8 Å². The van der Waals surface area contributed by atoms with E-state index in [0.29, 0.717) is 23.4 Å². The topological polar surface area (TPSA) is 129 Å². The Labute approximate surface area is 181 Å². The molecule has 0 bridgehead atoms. The molecule has 31 heavy (non-hydrogen) atoms. The second kappa shape index (κ2) is 7.30. The van der Waals surface area contributed by atoms with E-state index in [1.54, 1.807) is 12.4 Å². The van der Waals surface area contributed by atoms with Crippen molar-refractivity contribution in [1.82, 2.24) is 39.2 Å². The minimum absolute atomic E-state index is 0.126. The first kappa shape index (κ1) is 18.2. The summed E-state index contributed by atoms with van der Waals surface area (Å²) in [6.07, 6.45) is 7.59. The summed E-state index contributed by atoms with van der Waals surface area (Å²) in [5.74, 6) is 1.58. The highest BCUT2D eigenvalue weighted by atomic mass is 32.1. The lowest BCUT2D eigenvalue weighted by atomic mass is 10.2. The van der Waals surface area contributed by atoms with Crippen LogP contribution in [-0.2, 0) is 0 Å². The number of H-pyrrole nitrogens is 1. The number of hydrogen-bond donors (Lipinski definition) is 3. The van der Waals surface area contributed by atoms with Crippen LogP contribution in [-0.4, -0.2) is 52.4 Å². The zero-order valence-corrected chi connectivity index (χ0v) is 17.3. The van der Waals surface area contributed by atoms with Gasteiger partial charge < -0.3 is 15.5 Å². The molecule has 1 amide bonds. The Morgan fingerprint density at radius 1 is 1.26 bits per heavy atom. The molecule has 0 radical (unpaired) electrons. The average molecular weight is 437 g/mol. The van der Waals surface area contributed by atoms with E-state index in [1.807, 2.05) is 22.7 Å². The van der Waals surface area contributed by atoms with Crippen molar-refractivity contribution in [2.24, 2.45) is 0 Å². The molecule has 5 heterocycles. The molecule has 1 unspecified atom stereocenters. The number of aromatic nitrogens is 7. The monoisotopic (exact) mass is 436 g/mol. The molecule has 6 rings (SSSR count). The molecule has 1 aliphatic carbocycles. The zero-order chi connectivity index (χ0) is 20.8. The highest BCUT2D eigenvalue weighted by Gasteiger charge is 2.31. The van der Waals surface area contributed by atoms with E-state index in [1.165, 1.54) is 11.5 Å². The van der Waals surface area contributed by atoms with Crippen LogP contribution in [0.1, 0.15) is 47.2 Å². The minimum atomic E-state index is -0.144. The Bertz CT molecular complexity index is 1230. The van der Waals surface area contributed by atoms with Crippen LogP contribution >= 0.6 is 11.5 Å². The number of hydrogen-bond acceptors (Lipinski definition) is 9. The third-order valence-corrected chi connectivity index (χ3v) is 6.29. The van der Waals surface area contributed by atoms with Crippen LogP contribution in [0.25, 0.3) is 5.65 Å². The fourth-order valence-electron chi connectivity index (χ4n) is 3.83. The number of rotatable bonds is 6. The SMILES string of the molecule is O=C(NC1CC1)c1cc(Nc2nc(N3CCCC3c3ncns3)nc3cccn23)n[nH]1. The van der Waals surface area contributed by atoms with Gasteiger partial charge in [0.25, 0.3) is 5.91 Å². The lowest BCUT2D eigenvalue weighted by Gasteiger charge is -2.23. The number of fused-ring (bicyclic) bond motifs is 1. The van der Waals surface area contributed by atoms with E-state index < -0.39 is 0 Å². The number of anilines is 3. The number of carbonyl (C=O) groups excluding carboxylic acids is 1. The van der Waals surface area contributed by atoms with E-state index in [4.69, 9.17) is 9.97 Å². The summed E-state index contributed by atoms with van der Waals surface area (Å²) in [6.45, 7) is 0.856. The Kier molecular flexibility index (Phi) is 4.30. The van der Waals surface area contributed by atoms with Crippen molar-refractivity contribution in [3.8, 4) is 0 Å². The van der Waals surface area contributed by atoms with Gasteiger partial charge in [0.15, 0.2) is 5.82 Å². The minimum Gasteiger partial charge on any atom is -0.348 e. The number of nitrogens with one attached hydrogen (secondary N) is 3. The average Bonchev–Trinajstić information content (AvgIpc) is 3.31. The van der Waals surface area contributed by atoms with Crippen LogP contribution in [0.15, 0.2) is 30.7 Å². The molecule has 11 nitrogen and oxygen atoms in total. The fourth-order valence-corrected chi connectivity index (χ4v) is 4.50. The molecule has 158 valence electrons. The number of nitrogens with zero attached hydrogens (tertiary/aromatic N) is 7. The maximum atomic E-state index is 12.3. The van der Waals surface area contributed by atoms with Gasteiger partial charge in [0.2, 0.25) is 11.9 Å². The molecule has 4 aromatic rings. The van der Waals surface area contributed by atoms with Gasteiger partial charge in [0.05, 0.1) is 6.04 Å². The van der Waals surface area contributed by atoms with Gasteiger partial charge in [-0.1, -0.05) is 0 Å². The molecule has 4 aromatic heterocycles. The molecule has 12 heteroatoms. The predicted molar refractivity (Wildman–Crippen MR) is 115 cm³/mol. The van der Waals surface area contributed by atoms with Gasteiger partial charge in [-0.3, -0.25) is 14.3 Å². The quantitative estimate of drug-likeness (QED) is 0.420. The van der Waals surface area contributed by atoms with Crippen molar-refractivity contribution in [1.29, 1.82) is 0 Å². The molecule has 1 saturated heterocycles. The van der Waals surface area contributed by atoms with Crippen LogP contribution in [0.4, 0.5) is 17.7 Å². The molecular formula is C19H20N10OS. The molecule has 3 N–H and O–H groups in total. The highest BCUT2D eigenvalue weighted by molar-refractivity contribution is 7.05. The van der Waals surface area contributed by atoms with Crippen LogP contribution < -0.4 is 15.5 Å². The predicted octanol–water partition coefficient (Wildman–Crippen LogP) is 2.28. The summed E-state index contributed by atoms with van der Waals surface area (Å²) < 4.78 is 6.01. The summed E-state index contributed by atoms with van der Waals surface area (Å²) in [7, 11) is 0. The summed E-state index contributed by atoms with van der Waals surface area (Å²) in [5, 5.41) is 14.2. The van der Waals surface area contributed by atoms with Crippen LogP contribution in [0.5, 0.6) is 0 Å². The summed E-state index contributed by atoms with van der Waals surface area (Å²) >= 11 is 1.41. The maximum absolute atomic E-state index is 12.3. The number of amides is 1. The van der Waals surface area contributed by atoms with Crippen LogP contribution in [0.3, 0.4) is 0 Å². The number of carbonyl (C=O) groups is 1. The Morgan fingerprint density at radius 3 is 3.03 bits per heavy atom. The van der Waals surface area contributed by atoms with Gasteiger partial charge in [-0.05, 0) is 49.3 Å². The molecule has 1 aliphatic heterocycles. The van der Waals surface area contributed by atoms with Crippen molar-refractivity contribution in [3.05, 3.63) is 41.4 Å². The second-order valence-electron chi connectivity index (χ2n) is 7.75. The first-order valence-corrected chi connectivity index (χ1v) is 11.0. The maximum Gasteiger partial charge on any atom is 0.269 e. The third-order valence-electron chi connectivity index (χ3n) is 5.52. The first-order chi connectivity index (χ1) is 15.2. The Hall–Kier alpha value is -3.54. The van der Waals surface area contributed by atoms with Crippen molar-refractivity contribution in [3.63, 3.8) is 0 Å². The molecule has 2 fully saturated rings. The van der Waals surface area contributed by atoms with Crippen molar-refractivity contribution in [2.75, 3.05) is 16.8 Å².